The van der Waals surface area contributed by atoms with Crippen molar-refractivity contribution in [3.8, 4) is 0 Å². The number of rotatable bonds is 8. The van der Waals surface area contributed by atoms with E-state index < -0.39 is 0 Å². The predicted octanol–water partition coefficient (Wildman–Crippen LogP) is 1.60. The molecule has 0 amide bonds. The zero-order chi connectivity index (χ0) is 15.0. The topological polar surface area (TPSA) is 49.0 Å². The van der Waals surface area contributed by atoms with E-state index in [1.54, 1.807) is 7.11 Å². The van der Waals surface area contributed by atoms with Gasteiger partial charge in [0.05, 0.1) is 18.8 Å². The molecule has 124 valence electrons. The van der Waals surface area contributed by atoms with E-state index in [2.05, 4.69) is 12.4 Å². The quantitative estimate of drug-likeness (QED) is 0.690. The average Bonchev–Trinajstić information content (AvgIpc) is 2.52. The zero-order valence-electron chi connectivity index (χ0n) is 13.6. The average molecular weight is 301 g/mol. The third kappa shape index (κ3) is 5.18. The van der Waals surface area contributed by atoms with Crippen LogP contribution in [0.3, 0.4) is 0 Å². The molecule has 0 aromatic heterocycles. The highest BCUT2D eigenvalue weighted by Gasteiger charge is 2.40. The Morgan fingerprint density at radius 1 is 1.19 bits per heavy atom. The fraction of sp³-hybridized carbons (Fsp3) is 1.00. The van der Waals surface area contributed by atoms with Crippen LogP contribution in [0, 0.1) is 5.92 Å². The van der Waals surface area contributed by atoms with Gasteiger partial charge in [-0.15, -0.1) is 0 Å². The van der Waals surface area contributed by atoms with Crippen molar-refractivity contribution in [1.29, 1.82) is 0 Å². The van der Waals surface area contributed by atoms with E-state index >= 15 is 0 Å². The molecule has 5 heteroatoms. The van der Waals surface area contributed by atoms with Gasteiger partial charge in [-0.05, 0) is 45.1 Å². The van der Waals surface area contributed by atoms with Gasteiger partial charge in [0.15, 0.2) is 0 Å². The first-order valence-corrected chi connectivity index (χ1v) is 8.25. The van der Waals surface area contributed by atoms with E-state index in [9.17, 15) is 0 Å². The van der Waals surface area contributed by atoms with Crippen molar-refractivity contribution >= 4 is 0 Å². The third-order valence-electron chi connectivity index (χ3n) is 4.88. The summed E-state index contributed by atoms with van der Waals surface area (Å²) in [5.74, 6) is 0.674. The van der Waals surface area contributed by atoms with Crippen molar-refractivity contribution in [3.05, 3.63) is 0 Å². The molecule has 0 aromatic carbocycles. The van der Waals surface area contributed by atoms with E-state index in [4.69, 9.17) is 18.9 Å². The Morgan fingerprint density at radius 2 is 2.00 bits per heavy atom. The molecule has 2 aliphatic heterocycles. The summed E-state index contributed by atoms with van der Waals surface area (Å²) in [5.41, 5.74) is 0.0766. The van der Waals surface area contributed by atoms with Gasteiger partial charge in [0, 0.05) is 39.6 Å². The minimum Gasteiger partial charge on any atom is -0.382 e. The van der Waals surface area contributed by atoms with Crippen molar-refractivity contribution in [1.82, 2.24) is 5.32 Å². The molecule has 2 saturated heterocycles. The summed E-state index contributed by atoms with van der Waals surface area (Å²) in [6, 6.07) is 0.510. The molecule has 2 heterocycles. The van der Waals surface area contributed by atoms with Gasteiger partial charge in [-0.2, -0.15) is 0 Å². The highest BCUT2D eigenvalue weighted by Crippen LogP contribution is 2.38. The number of ether oxygens (including phenoxy) is 4. The highest BCUT2D eigenvalue weighted by molar-refractivity contribution is 4.92. The lowest BCUT2D eigenvalue weighted by Gasteiger charge is -2.45. The molecule has 5 nitrogen and oxygen atoms in total. The Labute approximate surface area is 128 Å². The van der Waals surface area contributed by atoms with E-state index in [-0.39, 0.29) is 5.60 Å². The largest absolute Gasteiger partial charge is 0.382 e. The SMILES string of the molecule is CNC(CCOCCOC)C1CCOC2(CCOCC2)C1. The molecule has 2 atom stereocenters. The summed E-state index contributed by atoms with van der Waals surface area (Å²) in [4.78, 5) is 0. The summed E-state index contributed by atoms with van der Waals surface area (Å²) in [6.07, 6.45) is 5.44. The van der Waals surface area contributed by atoms with Gasteiger partial charge >= 0.3 is 0 Å². The van der Waals surface area contributed by atoms with Crippen LogP contribution < -0.4 is 5.32 Å². The highest BCUT2D eigenvalue weighted by atomic mass is 16.5. The normalized spacial score (nSPS) is 26.9. The first-order chi connectivity index (χ1) is 10.3. The van der Waals surface area contributed by atoms with Crippen LogP contribution in [0.15, 0.2) is 0 Å². The van der Waals surface area contributed by atoms with E-state index in [1.165, 1.54) is 0 Å². The summed E-state index contributed by atoms with van der Waals surface area (Å²) < 4.78 is 22.2. The summed E-state index contributed by atoms with van der Waals surface area (Å²) in [6.45, 7) is 4.72. The van der Waals surface area contributed by atoms with Gasteiger partial charge in [-0.3, -0.25) is 0 Å². The van der Waals surface area contributed by atoms with E-state index in [0.29, 0.717) is 25.2 Å². The molecular weight excluding hydrogens is 270 g/mol. The lowest BCUT2D eigenvalue weighted by Crippen LogP contribution is -2.49. The molecule has 0 bridgehead atoms. The Hall–Kier alpha value is -0.200. The minimum absolute atomic E-state index is 0.0766. The maximum absolute atomic E-state index is 6.13. The van der Waals surface area contributed by atoms with Crippen molar-refractivity contribution in [2.45, 2.75) is 43.7 Å². The summed E-state index contributed by atoms with van der Waals surface area (Å²) in [7, 11) is 3.76. The van der Waals surface area contributed by atoms with Crippen LogP contribution in [0.2, 0.25) is 0 Å². The molecule has 2 rings (SSSR count). The second-order valence-corrected chi connectivity index (χ2v) is 6.19. The summed E-state index contributed by atoms with van der Waals surface area (Å²) in [5, 5.41) is 3.49. The lowest BCUT2D eigenvalue weighted by molar-refractivity contribution is -0.150. The molecule has 0 aromatic rings. The maximum atomic E-state index is 6.13. The smallest absolute Gasteiger partial charge is 0.0729 e. The molecule has 2 unspecified atom stereocenters. The third-order valence-corrected chi connectivity index (χ3v) is 4.88. The minimum atomic E-state index is 0.0766. The second kappa shape index (κ2) is 9.06. The molecule has 1 spiro atoms. The van der Waals surface area contributed by atoms with Gasteiger partial charge in [0.2, 0.25) is 0 Å². The second-order valence-electron chi connectivity index (χ2n) is 6.19. The Balaban J connectivity index is 1.77. The molecular formula is C16H31NO4. The van der Waals surface area contributed by atoms with Crippen molar-refractivity contribution in [2.75, 3.05) is 53.8 Å². The lowest BCUT2D eigenvalue weighted by atomic mass is 9.77. The van der Waals surface area contributed by atoms with E-state index in [0.717, 1.165) is 58.5 Å². The van der Waals surface area contributed by atoms with Crippen LogP contribution in [-0.2, 0) is 18.9 Å². The number of nitrogens with one attached hydrogen (secondary N) is 1. The first-order valence-electron chi connectivity index (χ1n) is 8.25. The van der Waals surface area contributed by atoms with Gasteiger partial charge in [-0.1, -0.05) is 0 Å². The van der Waals surface area contributed by atoms with Crippen molar-refractivity contribution < 1.29 is 18.9 Å². The van der Waals surface area contributed by atoms with E-state index in [1.807, 2.05) is 0 Å². The Bertz CT molecular complexity index is 276. The fourth-order valence-corrected chi connectivity index (χ4v) is 3.57. The van der Waals surface area contributed by atoms with Crippen LogP contribution >= 0.6 is 0 Å². The standard InChI is InChI=1S/C16H31NO4/c1-17-15(4-7-19-12-11-18-2)14-3-8-21-16(13-14)5-9-20-10-6-16/h14-15,17H,3-13H2,1-2H3. The van der Waals surface area contributed by atoms with Crippen molar-refractivity contribution in [2.24, 2.45) is 5.92 Å². The van der Waals surface area contributed by atoms with Gasteiger partial charge in [0.25, 0.3) is 0 Å². The first kappa shape index (κ1) is 17.2. The molecule has 2 aliphatic rings. The predicted molar refractivity (Wildman–Crippen MR) is 81.6 cm³/mol. The molecule has 1 N–H and O–H groups in total. The molecule has 0 radical (unpaired) electrons. The van der Waals surface area contributed by atoms with Gasteiger partial charge in [-0.25, -0.2) is 0 Å². The molecule has 2 fully saturated rings. The molecule has 21 heavy (non-hydrogen) atoms. The van der Waals surface area contributed by atoms with Crippen LogP contribution in [0.5, 0.6) is 0 Å². The maximum Gasteiger partial charge on any atom is 0.0729 e. The fourth-order valence-electron chi connectivity index (χ4n) is 3.57. The van der Waals surface area contributed by atoms with Gasteiger partial charge in [0.1, 0.15) is 0 Å². The van der Waals surface area contributed by atoms with Crippen LogP contribution in [0.25, 0.3) is 0 Å². The van der Waals surface area contributed by atoms with Gasteiger partial charge < -0.3 is 24.3 Å². The van der Waals surface area contributed by atoms with Crippen LogP contribution in [0.1, 0.15) is 32.1 Å². The number of hydrogen-bond donors (Lipinski definition) is 1. The number of methoxy groups -OCH3 is 1. The Morgan fingerprint density at radius 3 is 2.71 bits per heavy atom. The van der Waals surface area contributed by atoms with Crippen LogP contribution in [0.4, 0.5) is 0 Å². The monoisotopic (exact) mass is 301 g/mol. The zero-order valence-corrected chi connectivity index (χ0v) is 13.6. The summed E-state index contributed by atoms with van der Waals surface area (Å²) >= 11 is 0. The molecule has 0 saturated carbocycles. The van der Waals surface area contributed by atoms with Crippen LogP contribution in [-0.4, -0.2) is 65.4 Å². The van der Waals surface area contributed by atoms with Crippen molar-refractivity contribution in [3.63, 3.8) is 0 Å². The number of hydrogen-bond acceptors (Lipinski definition) is 5. The Kier molecular flexibility index (Phi) is 7.40. The molecule has 0 aliphatic carbocycles.